The van der Waals surface area contributed by atoms with E-state index in [1.54, 1.807) is 24.3 Å². The molecule has 102 valence electrons. The Balaban J connectivity index is 2.72. The highest BCUT2D eigenvalue weighted by atomic mass is 16.4. The zero-order valence-electron chi connectivity index (χ0n) is 10.5. The maximum atomic E-state index is 11.6. The molecule has 0 saturated carbocycles. The summed E-state index contributed by atoms with van der Waals surface area (Å²) in [5.74, 6) is -3.69. The molecule has 0 aromatic heterocycles. The van der Waals surface area contributed by atoms with Gasteiger partial charge in [-0.25, -0.2) is 4.79 Å². The molecule has 2 atom stereocenters. The average molecular weight is 264 g/mol. The quantitative estimate of drug-likeness (QED) is 0.624. The van der Waals surface area contributed by atoms with Crippen molar-refractivity contribution in [2.24, 2.45) is 11.7 Å². The zero-order chi connectivity index (χ0) is 14.4. The number of nitrogens with one attached hydrogen (secondary N) is 1. The van der Waals surface area contributed by atoms with E-state index in [4.69, 9.17) is 10.8 Å². The number of carbonyl (C=O) groups excluding carboxylic acids is 2. The number of primary amides is 1. The Kier molecular flexibility index (Phi) is 5.05. The topological polar surface area (TPSA) is 109 Å². The third-order valence-electron chi connectivity index (χ3n) is 2.72. The number of carboxylic acids is 1. The monoisotopic (exact) mass is 264 g/mol. The van der Waals surface area contributed by atoms with Gasteiger partial charge in [-0.3, -0.25) is 9.59 Å². The van der Waals surface area contributed by atoms with E-state index in [0.29, 0.717) is 0 Å². The van der Waals surface area contributed by atoms with E-state index >= 15 is 0 Å². The van der Waals surface area contributed by atoms with Crippen molar-refractivity contribution in [3.8, 4) is 0 Å². The summed E-state index contributed by atoms with van der Waals surface area (Å²) < 4.78 is 0. The van der Waals surface area contributed by atoms with Crippen LogP contribution in [0.15, 0.2) is 30.3 Å². The highest BCUT2D eigenvalue weighted by Gasteiger charge is 2.25. The molecule has 0 bridgehead atoms. The number of carbonyl (C=O) groups is 3. The largest absolute Gasteiger partial charge is 0.480 e. The molecule has 0 unspecified atom stereocenters. The number of aliphatic carboxylic acids is 1. The first kappa shape index (κ1) is 14.7. The van der Waals surface area contributed by atoms with Crippen molar-refractivity contribution in [3.05, 3.63) is 35.9 Å². The Morgan fingerprint density at radius 1 is 1.26 bits per heavy atom. The Hall–Kier alpha value is -2.37. The summed E-state index contributed by atoms with van der Waals surface area (Å²) in [4.78, 5) is 33.6. The third kappa shape index (κ3) is 4.42. The van der Waals surface area contributed by atoms with Crippen LogP contribution in [0.5, 0.6) is 0 Å². The maximum absolute atomic E-state index is 11.6. The van der Waals surface area contributed by atoms with Gasteiger partial charge in [0.15, 0.2) is 0 Å². The first-order chi connectivity index (χ1) is 8.91. The molecule has 1 rings (SSSR count). The fraction of sp³-hybridized carbons (Fsp3) is 0.308. The average Bonchev–Trinajstić information content (AvgIpc) is 2.37. The van der Waals surface area contributed by atoms with Crippen molar-refractivity contribution >= 4 is 17.8 Å². The van der Waals surface area contributed by atoms with Gasteiger partial charge >= 0.3 is 5.97 Å². The van der Waals surface area contributed by atoms with E-state index in [1.807, 2.05) is 6.07 Å². The van der Waals surface area contributed by atoms with Crippen LogP contribution in [0, 0.1) is 5.92 Å². The lowest BCUT2D eigenvalue weighted by atomic mass is 10.0. The van der Waals surface area contributed by atoms with Crippen LogP contribution < -0.4 is 11.1 Å². The van der Waals surface area contributed by atoms with Crippen molar-refractivity contribution < 1.29 is 19.5 Å². The highest BCUT2D eigenvalue weighted by molar-refractivity contribution is 6.00. The summed E-state index contributed by atoms with van der Waals surface area (Å²) in [5.41, 5.74) is 5.77. The fourth-order valence-corrected chi connectivity index (χ4v) is 1.48. The SMILES string of the molecule is C[C@H](C(N)=O)C(=O)N[C@@H](Cc1ccccc1)C(=O)O. The molecule has 6 heteroatoms. The van der Waals surface area contributed by atoms with Crippen LogP contribution >= 0.6 is 0 Å². The number of rotatable bonds is 6. The molecule has 0 saturated heterocycles. The van der Waals surface area contributed by atoms with Crippen molar-refractivity contribution in [3.63, 3.8) is 0 Å². The van der Waals surface area contributed by atoms with Gasteiger partial charge in [-0.15, -0.1) is 0 Å². The minimum absolute atomic E-state index is 0.146. The predicted octanol–water partition coefficient (Wildman–Crippen LogP) is -0.0801. The van der Waals surface area contributed by atoms with E-state index in [9.17, 15) is 14.4 Å². The molecule has 0 aliphatic heterocycles. The molecular weight excluding hydrogens is 248 g/mol. The number of hydrogen-bond acceptors (Lipinski definition) is 3. The van der Waals surface area contributed by atoms with Crippen LogP contribution in [-0.4, -0.2) is 28.9 Å². The van der Waals surface area contributed by atoms with Crippen molar-refractivity contribution in [1.82, 2.24) is 5.32 Å². The lowest BCUT2D eigenvalue weighted by Crippen LogP contribution is -2.47. The number of amides is 2. The van der Waals surface area contributed by atoms with Crippen LogP contribution in [0.25, 0.3) is 0 Å². The highest BCUT2D eigenvalue weighted by Crippen LogP contribution is 2.04. The van der Waals surface area contributed by atoms with Gasteiger partial charge in [-0.2, -0.15) is 0 Å². The number of nitrogens with two attached hydrogens (primary N) is 1. The third-order valence-corrected chi connectivity index (χ3v) is 2.72. The van der Waals surface area contributed by atoms with E-state index in [1.165, 1.54) is 6.92 Å². The van der Waals surface area contributed by atoms with Gasteiger partial charge < -0.3 is 16.2 Å². The molecule has 0 aliphatic rings. The smallest absolute Gasteiger partial charge is 0.326 e. The van der Waals surface area contributed by atoms with Gasteiger partial charge in [-0.1, -0.05) is 30.3 Å². The molecule has 1 aromatic carbocycles. The molecule has 0 fully saturated rings. The summed E-state index contributed by atoms with van der Waals surface area (Å²) in [6.45, 7) is 1.33. The molecule has 4 N–H and O–H groups in total. The number of benzene rings is 1. The minimum atomic E-state index is -1.16. The lowest BCUT2D eigenvalue weighted by Gasteiger charge is -2.16. The molecule has 0 spiro atoms. The van der Waals surface area contributed by atoms with Gasteiger partial charge in [0, 0.05) is 6.42 Å². The van der Waals surface area contributed by atoms with Gasteiger partial charge in [0.05, 0.1) is 0 Å². The Morgan fingerprint density at radius 2 is 1.84 bits per heavy atom. The Morgan fingerprint density at radius 3 is 2.32 bits per heavy atom. The zero-order valence-corrected chi connectivity index (χ0v) is 10.5. The molecular formula is C13H16N2O4. The van der Waals surface area contributed by atoms with Crippen molar-refractivity contribution in [2.75, 3.05) is 0 Å². The second kappa shape index (κ2) is 6.53. The Labute approximate surface area is 110 Å². The first-order valence-corrected chi connectivity index (χ1v) is 5.78. The molecule has 1 aromatic rings. The van der Waals surface area contributed by atoms with E-state index in [2.05, 4.69) is 5.32 Å². The normalized spacial score (nSPS) is 13.3. The van der Waals surface area contributed by atoms with Crippen LogP contribution in [0.4, 0.5) is 0 Å². The van der Waals surface area contributed by atoms with E-state index in [-0.39, 0.29) is 6.42 Å². The van der Waals surface area contributed by atoms with E-state index < -0.39 is 29.7 Å². The van der Waals surface area contributed by atoms with Gasteiger partial charge in [0.1, 0.15) is 12.0 Å². The minimum Gasteiger partial charge on any atom is -0.480 e. The lowest BCUT2D eigenvalue weighted by molar-refractivity contribution is -0.143. The molecule has 19 heavy (non-hydrogen) atoms. The molecule has 2 amide bonds. The second-order valence-corrected chi connectivity index (χ2v) is 4.21. The molecule has 6 nitrogen and oxygen atoms in total. The summed E-state index contributed by atoms with van der Waals surface area (Å²) in [7, 11) is 0. The van der Waals surface area contributed by atoms with Crippen LogP contribution in [0.2, 0.25) is 0 Å². The van der Waals surface area contributed by atoms with Gasteiger partial charge in [0.2, 0.25) is 11.8 Å². The number of carboxylic acid groups (broad SMARTS) is 1. The maximum Gasteiger partial charge on any atom is 0.326 e. The van der Waals surface area contributed by atoms with E-state index in [0.717, 1.165) is 5.56 Å². The molecule has 0 aliphatic carbocycles. The summed E-state index contributed by atoms with van der Waals surface area (Å²) in [6.07, 6.45) is 0.146. The number of hydrogen-bond donors (Lipinski definition) is 3. The summed E-state index contributed by atoms with van der Waals surface area (Å²) in [5, 5.41) is 11.4. The van der Waals surface area contributed by atoms with Crippen molar-refractivity contribution in [1.29, 1.82) is 0 Å². The van der Waals surface area contributed by atoms with Crippen LogP contribution in [0.1, 0.15) is 12.5 Å². The molecule has 0 radical (unpaired) electrons. The molecule has 0 heterocycles. The standard InChI is InChI=1S/C13H16N2O4/c1-8(11(14)16)12(17)15-10(13(18)19)7-9-5-3-2-4-6-9/h2-6,8,10H,7H2,1H3,(H2,14,16)(H,15,17)(H,18,19)/t8-,10+/m1/s1. The fourth-order valence-electron chi connectivity index (χ4n) is 1.48. The van der Waals surface area contributed by atoms with Gasteiger partial charge in [-0.05, 0) is 12.5 Å². The van der Waals surface area contributed by atoms with Crippen LogP contribution in [-0.2, 0) is 20.8 Å². The predicted molar refractivity (Wildman–Crippen MR) is 68.1 cm³/mol. The summed E-state index contributed by atoms with van der Waals surface area (Å²) in [6, 6.07) is 7.81. The van der Waals surface area contributed by atoms with Crippen LogP contribution in [0.3, 0.4) is 0 Å². The van der Waals surface area contributed by atoms with Gasteiger partial charge in [0.25, 0.3) is 0 Å². The second-order valence-electron chi connectivity index (χ2n) is 4.21. The summed E-state index contributed by atoms with van der Waals surface area (Å²) >= 11 is 0. The Bertz CT molecular complexity index is 473. The first-order valence-electron chi connectivity index (χ1n) is 5.78. The van der Waals surface area contributed by atoms with Crippen molar-refractivity contribution in [2.45, 2.75) is 19.4 Å².